The molecule has 1 unspecified atom stereocenters. The van der Waals surface area contributed by atoms with Crippen LogP contribution in [0.1, 0.15) is 59.1 Å². The van der Waals surface area contributed by atoms with Crippen LogP contribution in [0.2, 0.25) is 0 Å². The van der Waals surface area contributed by atoms with E-state index in [1.165, 1.54) is 11.1 Å². The third-order valence-electron chi connectivity index (χ3n) is 4.47. The van der Waals surface area contributed by atoms with Gasteiger partial charge in [0.25, 0.3) is 0 Å². The molecule has 2 nitrogen and oxygen atoms in total. The average molecular weight is 310 g/mol. The van der Waals surface area contributed by atoms with Crippen molar-refractivity contribution in [2.75, 3.05) is 0 Å². The first-order valence-corrected chi connectivity index (χ1v) is 8.19. The summed E-state index contributed by atoms with van der Waals surface area (Å²) < 4.78 is 0. The Labute approximate surface area is 139 Å². The molecule has 23 heavy (non-hydrogen) atoms. The van der Waals surface area contributed by atoms with E-state index in [4.69, 9.17) is 0 Å². The first-order chi connectivity index (χ1) is 10.8. The van der Waals surface area contributed by atoms with E-state index in [1.54, 1.807) is 0 Å². The first kappa shape index (κ1) is 17.3. The van der Waals surface area contributed by atoms with Gasteiger partial charge in [-0.3, -0.25) is 4.79 Å². The molecule has 0 aliphatic carbocycles. The SMILES string of the molecule is Cc1cc(C)c(C(Cc2ccc(C(C)C)cc2)C(=O)O)c(C)c1. The molecule has 1 N–H and O–H groups in total. The van der Waals surface area contributed by atoms with E-state index in [0.717, 1.165) is 22.3 Å². The minimum absolute atomic E-state index is 0.487. The molecule has 2 aromatic rings. The van der Waals surface area contributed by atoms with Gasteiger partial charge in [0, 0.05) is 0 Å². The van der Waals surface area contributed by atoms with Gasteiger partial charge in [-0.1, -0.05) is 55.8 Å². The topological polar surface area (TPSA) is 37.3 Å². The molecule has 2 heteroatoms. The Kier molecular flexibility index (Phi) is 5.25. The van der Waals surface area contributed by atoms with Gasteiger partial charge in [-0.2, -0.15) is 0 Å². The van der Waals surface area contributed by atoms with Crippen LogP contribution in [0.15, 0.2) is 36.4 Å². The molecule has 0 fully saturated rings. The molecule has 0 saturated carbocycles. The number of hydrogen-bond acceptors (Lipinski definition) is 1. The second-order valence-corrected chi connectivity index (χ2v) is 6.80. The highest BCUT2D eigenvalue weighted by Gasteiger charge is 2.24. The molecular weight excluding hydrogens is 284 g/mol. The number of carbonyl (C=O) groups is 1. The standard InChI is InChI=1S/C21H26O2/c1-13(2)18-8-6-17(7-9-18)12-19(21(22)23)20-15(4)10-14(3)11-16(20)5/h6-11,13,19H,12H2,1-5H3,(H,22,23). The van der Waals surface area contributed by atoms with Gasteiger partial charge in [0.15, 0.2) is 0 Å². The normalized spacial score (nSPS) is 12.4. The van der Waals surface area contributed by atoms with Crippen LogP contribution < -0.4 is 0 Å². The molecular formula is C21H26O2. The summed E-state index contributed by atoms with van der Waals surface area (Å²) in [5.41, 5.74) is 6.61. The maximum atomic E-state index is 11.9. The monoisotopic (exact) mass is 310 g/mol. The van der Waals surface area contributed by atoms with Crippen molar-refractivity contribution in [2.24, 2.45) is 0 Å². The Morgan fingerprint density at radius 2 is 1.52 bits per heavy atom. The molecule has 0 aliphatic rings. The van der Waals surface area contributed by atoms with Crippen LogP contribution in [0.25, 0.3) is 0 Å². The van der Waals surface area contributed by atoms with Crippen molar-refractivity contribution in [3.8, 4) is 0 Å². The molecule has 0 aliphatic heterocycles. The molecule has 0 spiro atoms. The zero-order valence-electron chi connectivity index (χ0n) is 14.7. The lowest BCUT2D eigenvalue weighted by Crippen LogP contribution is -2.17. The van der Waals surface area contributed by atoms with Crippen molar-refractivity contribution >= 4 is 5.97 Å². The summed E-state index contributed by atoms with van der Waals surface area (Å²) in [4.78, 5) is 11.9. The lowest BCUT2D eigenvalue weighted by molar-refractivity contribution is -0.138. The molecule has 0 heterocycles. The van der Waals surface area contributed by atoms with Gasteiger partial charge < -0.3 is 5.11 Å². The molecule has 1 atom stereocenters. The second kappa shape index (κ2) is 6.99. The van der Waals surface area contributed by atoms with Crippen molar-refractivity contribution in [1.82, 2.24) is 0 Å². The number of aliphatic carboxylic acids is 1. The van der Waals surface area contributed by atoms with Gasteiger partial charge in [0.05, 0.1) is 5.92 Å². The predicted molar refractivity (Wildman–Crippen MR) is 95.3 cm³/mol. The third-order valence-corrected chi connectivity index (χ3v) is 4.47. The second-order valence-electron chi connectivity index (χ2n) is 6.80. The number of carboxylic acids is 1. The van der Waals surface area contributed by atoms with Crippen molar-refractivity contribution in [2.45, 2.75) is 52.9 Å². The number of benzene rings is 2. The van der Waals surface area contributed by atoms with Gasteiger partial charge in [0.1, 0.15) is 0 Å². The smallest absolute Gasteiger partial charge is 0.311 e. The van der Waals surface area contributed by atoms with E-state index in [0.29, 0.717) is 12.3 Å². The van der Waals surface area contributed by atoms with Crippen LogP contribution in [0, 0.1) is 20.8 Å². The number of rotatable bonds is 5. The Balaban J connectivity index is 2.35. The fourth-order valence-corrected chi connectivity index (χ4v) is 3.33. The number of carboxylic acid groups (broad SMARTS) is 1. The van der Waals surface area contributed by atoms with E-state index in [1.807, 2.05) is 20.8 Å². The lowest BCUT2D eigenvalue weighted by atomic mass is 9.85. The maximum absolute atomic E-state index is 11.9. The molecule has 122 valence electrons. The predicted octanol–water partition coefficient (Wildman–Crippen LogP) is 5.15. The molecule has 2 aromatic carbocycles. The maximum Gasteiger partial charge on any atom is 0.311 e. The van der Waals surface area contributed by atoms with E-state index >= 15 is 0 Å². The molecule has 0 aromatic heterocycles. The van der Waals surface area contributed by atoms with E-state index < -0.39 is 11.9 Å². The van der Waals surface area contributed by atoms with Gasteiger partial charge in [-0.25, -0.2) is 0 Å². The number of aryl methyl sites for hydroxylation is 3. The largest absolute Gasteiger partial charge is 0.481 e. The highest BCUT2D eigenvalue weighted by molar-refractivity contribution is 5.78. The Morgan fingerprint density at radius 3 is 1.96 bits per heavy atom. The molecule has 0 amide bonds. The van der Waals surface area contributed by atoms with Gasteiger partial charge in [-0.15, -0.1) is 0 Å². The molecule has 0 radical (unpaired) electrons. The Bertz CT molecular complexity index is 673. The van der Waals surface area contributed by atoms with Crippen molar-refractivity contribution in [1.29, 1.82) is 0 Å². The van der Waals surface area contributed by atoms with Gasteiger partial charge in [0.2, 0.25) is 0 Å². The lowest BCUT2D eigenvalue weighted by Gasteiger charge is -2.19. The zero-order valence-corrected chi connectivity index (χ0v) is 14.7. The van der Waals surface area contributed by atoms with Crippen LogP contribution in [-0.4, -0.2) is 11.1 Å². The van der Waals surface area contributed by atoms with Crippen LogP contribution in [0.4, 0.5) is 0 Å². The summed E-state index contributed by atoms with van der Waals surface area (Å²) in [5.74, 6) is -0.769. The van der Waals surface area contributed by atoms with E-state index in [2.05, 4.69) is 50.2 Å². The summed E-state index contributed by atoms with van der Waals surface area (Å²) >= 11 is 0. The quantitative estimate of drug-likeness (QED) is 0.829. The fraction of sp³-hybridized carbons (Fsp3) is 0.381. The zero-order chi connectivity index (χ0) is 17.1. The van der Waals surface area contributed by atoms with E-state index in [9.17, 15) is 9.90 Å². The minimum Gasteiger partial charge on any atom is -0.481 e. The third kappa shape index (κ3) is 4.01. The van der Waals surface area contributed by atoms with E-state index in [-0.39, 0.29) is 0 Å². The van der Waals surface area contributed by atoms with Crippen LogP contribution in [0.5, 0.6) is 0 Å². The molecule has 0 bridgehead atoms. The Hall–Kier alpha value is -2.09. The summed E-state index contributed by atoms with van der Waals surface area (Å²) in [7, 11) is 0. The molecule has 0 saturated heterocycles. The van der Waals surface area contributed by atoms with Gasteiger partial charge >= 0.3 is 5.97 Å². The minimum atomic E-state index is -0.756. The first-order valence-electron chi connectivity index (χ1n) is 8.19. The van der Waals surface area contributed by atoms with Crippen molar-refractivity contribution < 1.29 is 9.90 Å². The summed E-state index contributed by atoms with van der Waals surface area (Å²) in [5, 5.41) is 9.75. The van der Waals surface area contributed by atoms with Crippen molar-refractivity contribution in [3.63, 3.8) is 0 Å². The number of hydrogen-bond donors (Lipinski definition) is 1. The highest BCUT2D eigenvalue weighted by atomic mass is 16.4. The van der Waals surface area contributed by atoms with Crippen LogP contribution >= 0.6 is 0 Å². The van der Waals surface area contributed by atoms with Gasteiger partial charge in [-0.05, 0) is 60.9 Å². The summed E-state index contributed by atoms with van der Waals surface area (Å²) in [6.07, 6.45) is 0.526. The molecule has 2 rings (SSSR count). The van der Waals surface area contributed by atoms with Crippen molar-refractivity contribution in [3.05, 3.63) is 69.8 Å². The van der Waals surface area contributed by atoms with Crippen LogP contribution in [-0.2, 0) is 11.2 Å². The Morgan fingerprint density at radius 1 is 1.00 bits per heavy atom. The van der Waals surface area contributed by atoms with Crippen LogP contribution in [0.3, 0.4) is 0 Å². The summed E-state index contributed by atoms with van der Waals surface area (Å²) in [6, 6.07) is 12.5. The average Bonchev–Trinajstić information content (AvgIpc) is 2.45. The highest BCUT2D eigenvalue weighted by Crippen LogP contribution is 2.29. The summed E-state index contributed by atoms with van der Waals surface area (Å²) in [6.45, 7) is 10.4. The fourth-order valence-electron chi connectivity index (χ4n) is 3.33.